The van der Waals surface area contributed by atoms with E-state index < -0.39 is 0 Å². The molecule has 0 aliphatic rings. The average Bonchev–Trinajstić information content (AvgIpc) is 2.27. The molecule has 0 aromatic rings. The van der Waals surface area contributed by atoms with E-state index in [1.54, 1.807) is 13.0 Å². The molecule has 0 aromatic heterocycles. The second-order valence-electron chi connectivity index (χ2n) is 3.62. The minimum atomic E-state index is -0.311. The molecule has 0 saturated heterocycles. The molecule has 0 aromatic carbocycles. The van der Waals surface area contributed by atoms with E-state index in [0.717, 1.165) is 13.0 Å². The standard InChI is InChI=1S/C12H23NO3/c1-4-7-12(15)16-9-8-13(6-3)10-11(14)5-2/h4,7,11,14H,5-6,8-10H2,1-3H3/b7-4+. The molecule has 0 aliphatic carbocycles. The Morgan fingerprint density at radius 1 is 1.50 bits per heavy atom. The molecule has 1 atom stereocenters. The van der Waals surface area contributed by atoms with Gasteiger partial charge in [0.2, 0.25) is 0 Å². The summed E-state index contributed by atoms with van der Waals surface area (Å²) in [5.74, 6) is -0.311. The summed E-state index contributed by atoms with van der Waals surface area (Å²) >= 11 is 0. The van der Waals surface area contributed by atoms with E-state index in [9.17, 15) is 9.90 Å². The van der Waals surface area contributed by atoms with Gasteiger partial charge in [0.15, 0.2) is 0 Å². The molecule has 16 heavy (non-hydrogen) atoms. The molecule has 4 nitrogen and oxygen atoms in total. The van der Waals surface area contributed by atoms with Gasteiger partial charge in [-0.25, -0.2) is 4.79 Å². The first kappa shape index (κ1) is 15.1. The van der Waals surface area contributed by atoms with E-state index in [1.165, 1.54) is 6.08 Å². The SMILES string of the molecule is C/C=C/C(=O)OCCN(CC)CC(O)CC. The summed E-state index contributed by atoms with van der Waals surface area (Å²) in [6, 6.07) is 0. The Labute approximate surface area is 97.9 Å². The second kappa shape index (κ2) is 9.36. The number of aliphatic hydroxyl groups excluding tert-OH is 1. The predicted molar refractivity (Wildman–Crippen MR) is 64.2 cm³/mol. The van der Waals surface area contributed by atoms with Gasteiger partial charge in [-0.2, -0.15) is 0 Å². The van der Waals surface area contributed by atoms with E-state index in [4.69, 9.17) is 4.74 Å². The van der Waals surface area contributed by atoms with Crippen molar-refractivity contribution in [2.75, 3.05) is 26.2 Å². The molecule has 0 rings (SSSR count). The van der Waals surface area contributed by atoms with Crippen LogP contribution in [0.4, 0.5) is 0 Å². The van der Waals surface area contributed by atoms with Crippen LogP contribution in [0.25, 0.3) is 0 Å². The number of carbonyl (C=O) groups is 1. The largest absolute Gasteiger partial charge is 0.461 e. The van der Waals surface area contributed by atoms with Crippen molar-refractivity contribution in [3.8, 4) is 0 Å². The first-order valence-electron chi connectivity index (χ1n) is 5.83. The van der Waals surface area contributed by atoms with Crippen molar-refractivity contribution in [3.05, 3.63) is 12.2 Å². The number of likely N-dealkylation sites (N-methyl/N-ethyl adjacent to an activating group) is 1. The Kier molecular flexibility index (Phi) is 8.85. The lowest BCUT2D eigenvalue weighted by molar-refractivity contribution is -0.138. The number of carbonyl (C=O) groups excluding carboxylic acids is 1. The minimum absolute atomic E-state index is 0.300. The molecular weight excluding hydrogens is 206 g/mol. The number of rotatable bonds is 8. The molecule has 0 radical (unpaired) electrons. The van der Waals surface area contributed by atoms with Crippen LogP contribution in [0, 0.1) is 0 Å². The maximum absolute atomic E-state index is 11.0. The molecule has 0 aliphatic heterocycles. The van der Waals surface area contributed by atoms with Crippen LogP contribution in [0.1, 0.15) is 27.2 Å². The fourth-order valence-corrected chi connectivity index (χ4v) is 1.27. The van der Waals surface area contributed by atoms with E-state index in [-0.39, 0.29) is 12.1 Å². The monoisotopic (exact) mass is 229 g/mol. The molecule has 0 saturated carbocycles. The van der Waals surface area contributed by atoms with Gasteiger partial charge in [-0.05, 0) is 19.9 Å². The molecule has 4 heteroatoms. The zero-order valence-corrected chi connectivity index (χ0v) is 10.5. The van der Waals surface area contributed by atoms with E-state index in [2.05, 4.69) is 4.90 Å². The first-order chi connectivity index (χ1) is 7.63. The summed E-state index contributed by atoms with van der Waals surface area (Å²) in [4.78, 5) is 13.1. The molecule has 1 N–H and O–H groups in total. The highest BCUT2D eigenvalue weighted by atomic mass is 16.5. The van der Waals surface area contributed by atoms with Crippen molar-refractivity contribution in [3.63, 3.8) is 0 Å². The van der Waals surface area contributed by atoms with Gasteiger partial charge >= 0.3 is 5.97 Å². The highest BCUT2D eigenvalue weighted by Gasteiger charge is 2.08. The average molecular weight is 229 g/mol. The lowest BCUT2D eigenvalue weighted by Crippen LogP contribution is -2.34. The third-order valence-corrected chi connectivity index (χ3v) is 2.34. The fourth-order valence-electron chi connectivity index (χ4n) is 1.27. The predicted octanol–water partition coefficient (Wildman–Crippen LogP) is 1.20. The summed E-state index contributed by atoms with van der Waals surface area (Å²) in [5.41, 5.74) is 0. The summed E-state index contributed by atoms with van der Waals surface area (Å²) in [7, 11) is 0. The molecule has 0 spiro atoms. The molecule has 94 valence electrons. The number of esters is 1. The van der Waals surface area contributed by atoms with Gasteiger partial charge in [-0.15, -0.1) is 0 Å². The van der Waals surface area contributed by atoms with Crippen LogP contribution in [-0.4, -0.2) is 48.3 Å². The second-order valence-corrected chi connectivity index (χ2v) is 3.62. The van der Waals surface area contributed by atoms with E-state index in [1.807, 2.05) is 13.8 Å². The maximum Gasteiger partial charge on any atom is 0.330 e. The number of ether oxygens (including phenoxy) is 1. The molecule has 0 amide bonds. The van der Waals surface area contributed by atoms with Crippen LogP contribution in [0.5, 0.6) is 0 Å². The molecule has 1 unspecified atom stereocenters. The van der Waals surface area contributed by atoms with Gasteiger partial charge in [0.25, 0.3) is 0 Å². The lowest BCUT2D eigenvalue weighted by atomic mass is 10.2. The van der Waals surface area contributed by atoms with Crippen LogP contribution in [0.15, 0.2) is 12.2 Å². The van der Waals surface area contributed by atoms with Crippen LogP contribution in [-0.2, 0) is 9.53 Å². The smallest absolute Gasteiger partial charge is 0.330 e. The zero-order chi connectivity index (χ0) is 12.4. The number of aliphatic hydroxyl groups is 1. The van der Waals surface area contributed by atoms with Crippen LogP contribution < -0.4 is 0 Å². The van der Waals surface area contributed by atoms with Crippen molar-refractivity contribution < 1.29 is 14.6 Å². The van der Waals surface area contributed by atoms with Gasteiger partial charge in [0, 0.05) is 19.2 Å². The molecule has 0 bridgehead atoms. The summed E-state index contributed by atoms with van der Waals surface area (Å²) < 4.78 is 4.98. The zero-order valence-electron chi connectivity index (χ0n) is 10.5. The number of allylic oxidation sites excluding steroid dienone is 1. The van der Waals surface area contributed by atoms with Gasteiger partial charge in [-0.3, -0.25) is 4.90 Å². The summed E-state index contributed by atoms with van der Waals surface area (Å²) in [5, 5.41) is 9.49. The summed E-state index contributed by atoms with van der Waals surface area (Å²) in [6.07, 6.45) is 3.50. The van der Waals surface area contributed by atoms with Gasteiger partial charge < -0.3 is 9.84 Å². The Balaban J connectivity index is 3.74. The lowest BCUT2D eigenvalue weighted by Gasteiger charge is -2.22. The normalized spacial score (nSPS) is 13.3. The van der Waals surface area contributed by atoms with Gasteiger partial charge in [0.1, 0.15) is 6.61 Å². The summed E-state index contributed by atoms with van der Waals surface area (Å²) in [6.45, 7) is 8.26. The third-order valence-electron chi connectivity index (χ3n) is 2.34. The number of hydrogen-bond acceptors (Lipinski definition) is 4. The minimum Gasteiger partial charge on any atom is -0.461 e. The topological polar surface area (TPSA) is 49.8 Å². The highest BCUT2D eigenvalue weighted by molar-refractivity contribution is 5.81. The number of nitrogens with zero attached hydrogens (tertiary/aromatic N) is 1. The van der Waals surface area contributed by atoms with Crippen molar-refractivity contribution in [1.29, 1.82) is 0 Å². The molecule has 0 fully saturated rings. The Morgan fingerprint density at radius 3 is 2.69 bits per heavy atom. The first-order valence-corrected chi connectivity index (χ1v) is 5.83. The van der Waals surface area contributed by atoms with Crippen LogP contribution in [0.3, 0.4) is 0 Å². The third kappa shape index (κ3) is 7.43. The Bertz CT molecular complexity index is 216. The number of hydrogen-bond donors (Lipinski definition) is 1. The van der Waals surface area contributed by atoms with Crippen molar-refractivity contribution in [2.45, 2.75) is 33.3 Å². The molecular formula is C12H23NO3. The van der Waals surface area contributed by atoms with Gasteiger partial charge in [-0.1, -0.05) is 19.9 Å². The Morgan fingerprint density at radius 2 is 2.19 bits per heavy atom. The van der Waals surface area contributed by atoms with E-state index in [0.29, 0.717) is 19.7 Å². The van der Waals surface area contributed by atoms with Crippen LogP contribution >= 0.6 is 0 Å². The van der Waals surface area contributed by atoms with E-state index >= 15 is 0 Å². The Hall–Kier alpha value is -0.870. The van der Waals surface area contributed by atoms with Crippen molar-refractivity contribution in [2.24, 2.45) is 0 Å². The highest BCUT2D eigenvalue weighted by Crippen LogP contribution is 1.96. The van der Waals surface area contributed by atoms with Crippen LogP contribution in [0.2, 0.25) is 0 Å². The molecule has 0 heterocycles. The quantitative estimate of drug-likeness (QED) is 0.502. The van der Waals surface area contributed by atoms with Crippen molar-refractivity contribution >= 4 is 5.97 Å². The maximum atomic E-state index is 11.0. The van der Waals surface area contributed by atoms with Crippen molar-refractivity contribution in [1.82, 2.24) is 4.90 Å². The fraction of sp³-hybridized carbons (Fsp3) is 0.750. The van der Waals surface area contributed by atoms with Gasteiger partial charge in [0.05, 0.1) is 6.10 Å².